The van der Waals surface area contributed by atoms with Gasteiger partial charge in [0.25, 0.3) is 0 Å². The SMILES string of the molecule is Cc1ccc(-n2c(C)nnc2SCC(=O)N2CCN(Cc3ccccc3)CC2)cc1. The molecule has 1 amide bonds. The first-order valence-corrected chi connectivity index (χ1v) is 11.2. The lowest BCUT2D eigenvalue weighted by Gasteiger charge is -2.34. The zero-order chi connectivity index (χ0) is 20.9. The average molecular weight is 422 g/mol. The minimum Gasteiger partial charge on any atom is -0.339 e. The summed E-state index contributed by atoms with van der Waals surface area (Å²) in [6, 6.07) is 18.8. The van der Waals surface area contributed by atoms with Crippen LogP contribution in [-0.4, -0.2) is 62.4 Å². The Hall–Kier alpha value is -2.64. The Balaban J connectivity index is 1.31. The molecule has 0 spiro atoms. The fourth-order valence-corrected chi connectivity index (χ4v) is 4.54. The largest absolute Gasteiger partial charge is 0.339 e. The van der Waals surface area contributed by atoms with Crippen molar-refractivity contribution in [2.45, 2.75) is 25.5 Å². The van der Waals surface area contributed by atoms with E-state index in [4.69, 9.17) is 0 Å². The lowest BCUT2D eigenvalue weighted by molar-refractivity contribution is -0.130. The van der Waals surface area contributed by atoms with Crippen LogP contribution in [0.25, 0.3) is 5.69 Å². The molecule has 156 valence electrons. The highest BCUT2D eigenvalue weighted by atomic mass is 32.2. The molecule has 1 fully saturated rings. The standard InChI is InChI=1S/C23H27N5OS/c1-18-8-10-21(11-9-18)28-19(2)24-25-23(28)30-17-22(29)27-14-12-26(13-15-27)16-20-6-4-3-5-7-20/h3-11H,12-17H2,1-2H3. The molecule has 0 saturated carbocycles. The number of thioether (sulfide) groups is 1. The van der Waals surface area contributed by atoms with Crippen molar-refractivity contribution < 1.29 is 4.79 Å². The predicted molar refractivity (Wildman–Crippen MR) is 120 cm³/mol. The van der Waals surface area contributed by atoms with Gasteiger partial charge in [0.2, 0.25) is 5.91 Å². The molecule has 6 nitrogen and oxygen atoms in total. The van der Waals surface area contributed by atoms with Crippen molar-refractivity contribution in [2.75, 3.05) is 31.9 Å². The van der Waals surface area contributed by atoms with Crippen molar-refractivity contribution >= 4 is 17.7 Å². The van der Waals surface area contributed by atoms with Crippen LogP contribution in [0.15, 0.2) is 59.8 Å². The molecule has 2 aromatic carbocycles. The van der Waals surface area contributed by atoms with E-state index >= 15 is 0 Å². The van der Waals surface area contributed by atoms with Gasteiger partial charge in [-0.05, 0) is 31.5 Å². The zero-order valence-corrected chi connectivity index (χ0v) is 18.3. The first kappa shape index (κ1) is 20.6. The van der Waals surface area contributed by atoms with Crippen LogP contribution >= 0.6 is 11.8 Å². The molecule has 1 aliphatic heterocycles. The Kier molecular flexibility index (Phi) is 6.50. The van der Waals surface area contributed by atoms with Gasteiger partial charge in [0.15, 0.2) is 5.16 Å². The number of amides is 1. The van der Waals surface area contributed by atoms with Gasteiger partial charge in [0, 0.05) is 38.4 Å². The van der Waals surface area contributed by atoms with Gasteiger partial charge in [-0.1, -0.05) is 59.8 Å². The number of benzene rings is 2. The minimum absolute atomic E-state index is 0.162. The van der Waals surface area contributed by atoms with Crippen molar-refractivity contribution in [3.8, 4) is 5.69 Å². The van der Waals surface area contributed by atoms with Crippen LogP contribution in [0.4, 0.5) is 0 Å². The number of carbonyl (C=O) groups is 1. The van der Waals surface area contributed by atoms with Crippen molar-refractivity contribution in [1.82, 2.24) is 24.6 Å². The first-order chi connectivity index (χ1) is 14.6. The Morgan fingerprint density at radius 2 is 1.63 bits per heavy atom. The van der Waals surface area contributed by atoms with Gasteiger partial charge in [0.1, 0.15) is 5.82 Å². The highest BCUT2D eigenvalue weighted by molar-refractivity contribution is 7.99. The average Bonchev–Trinajstić information content (AvgIpc) is 3.14. The summed E-state index contributed by atoms with van der Waals surface area (Å²) in [5.74, 6) is 1.36. The summed E-state index contributed by atoms with van der Waals surface area (Å²) in [7, 11) is 0. The van der Waals surface area contributed by atoms with Crippen LogP contribution in [0.2, 0.25) is 0 Å². The summed E-state index contributed by atoms with van der Waals surface area (Å²) >= 11 is 1.46. The van der Waals surface area contributed by atoms with Crippen molar-refractivity contribution in [3.05, 3.63) is 71.5 Å². The molecule has 1 saturated heterocycles. The van der Waals surface area contributed by atoms with Crippen molar-refractivity contribution in [1.29, 1.82) is 0 Å². The number of hydrogen-bond acceptors (Lipinski definition) is 5. The first-order valence-electron chi connectivity index (χ1n) is 10.3. The third kappa shape index (κ3) is 4.91. The van der Waals surface area contributed by atoms with Gasteiger partial charge in [-0.15, -0.1) is 10.2 Å². The minimum atomic E-state index is 0.162. The molecule has 0 atom stereocenters. The number of hydrogen-bond donors (Lipinski definition) is 0. The number of rotatable bonds is 6. The summed E-state index contributed by atoms with van der Waals surface area (Å²) in [5.41, 5.74) is 3.55. The summed E-state index contributed by atoms with van der Waals surface area (Å²) in [5, 5.41) is 9.26. The van der Waals surface area contributed by atoms with E-state index < -0.39 is 0 Å². The van der Waals surface area contributed by atoms with E-state index in [1.807, 2.05) is 22.5 Å². The van der Waals surface area contributed by atoms with E-state index in [9.17, 15) is 4.79 Å². The van der Waals surface area contributed by atoms with Gasteiger partial charge in [-0.2, -0.15) is 0 Å². The van der Waals surface area contributed by atoms with Crippen LogP contribution < -0.4 is 0 Å². The van der Waals surface area contributed by atoms with Crippen LogP contribution in [0, 0.1) is 13.8 Å². The van der Waals surface area contributed by atoms with Gasteiger partial charge >= 0.3 is 0 Å². The lowest BCUT2D eigenvalue weighted by Crippen LogP contribution is -2.48. The third-order valence-electron chi connectivity index (χ3n) is 5.39. The lowest BCUT2D eigenvalue weighted by atomic mass is 10.2. The molecule has 0 unspecified atom stereocenters. The molecule has 3 aromatic rings. The van der Waals surface area contributed by atoms with Gasteiger partial charge in [-0.3, -0.25) is 14.3 Å². The fraction of sp³-hybridized carbons (Fsp3) is 0.348. The summed E-state index contributed by atoms with van der Waals surface area (Å²) < 4.78 is 2.01. The molecule has 2 heterocycles. The molecule has 0 bridgehead atoms. The maximum atomic E-state index is 12.8. The van der Waals surface area contributed by atoms with Crippen LogP contribution in [0.5, 0.6) is 0 Å². The molecule has 0 aliphatic carbocycles. The molecular formula is C23H27N5OS. The summed E-state index contributed by atoms with van der Waals surface area (Å²) in [6.45, 7) is 8.30. The molecule has 4 rings (SSSR count). The highest BCUT2D eigenvalue weighted by Crippen LogP contribution is 2.22. The molecule has 0 radical (unpaired) electrons. The van der Waals surface area contributed by atoms with Crippen molar-refractivity contribution in [2.24, 2.45) is 0 Å². The van der Waals surface area contributed by atoms with E-state index in [2.05, 4.69) is 70.6 Å². The van der Waals surface area contributed by atoms with Crippen LogP contribution in [0.1, 0.15) is 17.0 Å². The number of aryl methyl sites for hydroxylation is 2. The molecule has 0 N–H and O–H groups in total. The quantitative estimate of drug-likeness (QED) is 0.572. The van der Waals surface area contributed by atoms with Crippen molar-refractivity contribution in [3.63, 3.8) is 0 Å². The molecule has 7 heteroatoms. The monoisotopic (exact) mass is 421 g/mol. The van der Waals surface area contributed by atoms with E-state index in [1.165, 1.54) is 22.9 Å². The number of piperazine rings is 1. The molecule has 30 heavy (non-hydrogen) atoms. The van der Waals surface area contributed by atoms with Gasteiger partial charge < -0.3 is 4.90 Å². The highest BCUT2D eigenvalue weighted by Gasteiger charge is 2.22. The normalized spacial score (nSPS) is 14.8. The smallest absolute Gasteiger partial charge is 0.233 e. The third-order valence-corrected chi connectivity index (χ3v) is 6.30. The Morgan fingerprint density at radius 3 is 2.33 bits per heavy atom. The second-order valence-electron chi connectivity index (χ2n) is 7.63. The zero-order valence-electron chi connectivity index (χ0n) is 17.5. The van der Waals surface area contributed by atoms with E-state index in [0.717, 1.165) is 49.4 Å². The topological polar surface area (TPSA) is 54.3 Å². The maximum Gasteiger partial charge on any atom is 0.233 e. The van der Waals surface area contributed by atoms with E-state index in [0.29, 0.717) is 5.75 Å². The Bertz CT molecular complexity index is 979. The second kappa shape index (κ2) is 9.45. The Labute approximate surface area is 181 Å². The number of carbonyl (C=O) groups excluding carboxylic acids is 1. The Morgan fingerprint density at radius 1 is 0.933 bits per heavy atom. The summed E-state index contributed by atoms with van der Waals surface area (Å²) in [4.78, 5) is 17.1. The maximum absolute atomic E-state index is 12.8. The van der Waals surface area contributed by atoms with Gasteiger partial charge in [0.05, 0.1) is 5.75 Å². The molecule has 1 aromatic heterocycles. The van der Waals surface area contributed by atoms with E-state index in [-0.39, 0.29) is 5.91 Å². The molecular weight excluding hydrogens is 394 g/mol. The van der Waals surface area contributed by atoms with E-state index in [1.54, 1.807) is 0 Å². The second-order valence-corrected chi connectivity index (χ2v) is 8.57. The predicted octanol–water partition coefficient (Wildman–Crippen LogP) is 3.32. The van der Waals surface area contributed by atoms with Crippen LogP contribution in [0.3, 0.4) is 0 Å². The number of nitrogens with zero attached hydrogens (tertiary/aromatic N) is 5. The van der Waals surface area contributed by atoms with Crippen LogP contribution in [-0.2, 0) is 11.3 Å². The molecule has 1 aliphatic rings. The fourth-order valence-electron chi connectivity index (χ4n) is 3.64. The number of aromatic nitrogens is 3. The summed E-state index contributed by atoms with van der Waals surface area (Å²) in [6.07, 6.45) is 0. The van der Waals surface area contributed by atoms with Gasteiger partial charge in [-0.25, -0.2) is 0 Å².